The summed E-state index contributed by atoms with van der Waals surface area (Å²) in [5, 5.41) is 3.60. The van der Waals surface area contributed by atoms with E-state index in [1.165, 1.54) is 11.3 Å². The largest absolute Gasteiger partial charge is 0.372 e. The van der Waals surface area contributed by atoms with Crippen LogP contribution in [0.15, 0.2) is 22.7 Å². The van der Waals surface area contributed by atoms with Crippen molar-refractivity contribution in [1.29, 1.82) is 0 Å². The maximum Gasteiger partial charge on any atom is 0.0801 e. The molecule has 21 heavy (non-hydrogen) atoms. The number of halogens is 1. The first-order valence-electron chi connectivity index (χ1n) is 7.84. The number of nitrogens with zero attached hydrogens (tertiary/aromatic N) is 1. The third-order valence-electron chi connectivity index (χ3n) is 3.92. The number of anilines is 1. The average Bonchev–Trinajstić information content (AvgIpc) is 2.43. The van der Waals surface area contributed by atoms with Gasteiger partial charge < -0.3 is 15.0 Å². The van der Waals surface area contributed by atoms with Gasteiger partial charge in [0.1, 0.15) is 0 Å². The topological polar surface area (TPSA) is 24.5 Å². The van der Waals surface area contributed by atoms with Gasteiger partial charge in [0, 0.05) is 29.3 Å². The fourth-order valence-corrected chi connectivity index (χ4v) is 3.23. The summed E-state index contributed by atoms with van der Waals surface area (Å²) in [6.45, 7) is 12.5. The van der Waals surface area contributed by atoms with E-state index < -0.39 is 0 Å². The summed E-state index contributed by atoms with van der Waals surface area (Å²) in [5.74, 6) is 0. The van der Waals surface area contributed by atoms with Crippen LogP contribution in [0.4, 0.5) is 5.69 Å². The first kappa shape index (κ1) is 16.8. The lowest BCUT2D eigenvalue weighted by atomic mass is 10.0. The minimum Gasteiger partial charge on any atom is -0.372 e. The van der Waals surface area contributed by atoms with Crippen LogP contribution in [-0.4, -0.2) is 31.8 Å². The van der Waals surface area contributed by atoms with E-state index in [1.807, 2.05) is 0 Å². The summed E-state index contributed by atoms with van der Waals surface area (Å²) >= 11 is 3.61. The van der Waals surface area contributed by atoms with E-state index in [4.69, 9.17) is 4.74 Å². The first-order valence-corrected chi connectivity index (χ1v) is 8.64. The molecular weight excluding hydrogens is 328 g/mol. The second kappa shape index (κ2) is 7.12. The molecule has 0 aromatic heterocycles. The number of nitrogens with one attached hydrogen (secondary N) is 1. The Morgan fingerprint density at radius 3 is 2.86 bits per heavy atom. The second-order valence-electron chi connectivity index (χ2n) is 6.41. The van der Waals surface area contributed by atoms with E-state index in [0.29, 0.717) is 6.04 Å². The molecule has 1 fully saturated rings. The van der Waals surface area contributed by atoms with Gasteiger partial charge in [0.25, 0.3) is 0 Å². The molecular formula is C17H27BrN2O. The molecule has 2 rings (SSSR count). The third-order valence-corrected chi connectivity index (χ3v) is 4.42. The summed E-state index contributed by atoms with van der Waals surface area (Å²) < 4.78 is 6.98. The van der Waals surface area contributed by atoms with Gasteiger partial charge in [-0.2, -0.15) is 0 Å². The van der Waals surface area contributed by atoms with E-state index in [9.17, 15) is 0 Å². The molecule has 0 aliphatic carbocycles. The molecule has 3 nitrogen and oxygen atoms in total. The molecule has 4 heteroatoms. The maximum atomic E-state index is 5.84. The SMILES string of the molecule is CCCNC(C)c1cc(Br)ccc1N1CCOC(C)(C)C1. The molecule has 1 aliphatic rings. The van der Waals surface area contributed by atoms with Crippen LogP contribution in [-0.2, 0) is 4.74 Å². The molecule has 0 bridgehead atoms. The van der Waals surface area contributed by atoms with Crippen molar-refractivity contribution < 1.29 is 4.74 Å². The van der Waals surface area contributed by atoms with Crippen LogP contribution in [0, 0.1) is 0 Å². The summed E-state index contributed by atoms with van der Waals surface area (Å²) in [4.78, 5) is 2.45. The van der Waals surface area contributed by atoms with E-state index >= 15 is 0 Å². The van der Waals surface area contributed by atoms with Crippen molar-refractivity contribution in [2.75, 3.05) is 31.1 Å². The van der Waals surface area contributed by atoms with Crippen LogP contribution in [0.3, 0.4) is 0 Å². The molecule has 0 saturated carbocycles. The summed E-state index contributed by atoms with van der Waals surface area (Å²) in [7, 11) is 0. The first-order chi connectivity index (χ1) is 9.93. The van der Waals surface area contributed by atoms with Crippen molar-refractivity contribution in [3.05, 3.63) is 28.2 Å². The van der Waals surface area contributed by atoms with Crippen molar-refractivity contribution in [2.45, 2.75) is 45.8 Å². The molecule has 0 amide bonds. The van der Waals surface area contributed by atoms with E-state index in [0.717, 1.165) is 37.1 Å². The Kier molecular flexibility index (Phi) is 5.69. The van der Waals surface area contributed by atoms with Crippen LogP contribution < -0.4 is 10.2 Å². The highest BCUT2D eigenvalue weighted by Crippen LogP contribution is 2.32. The van der Waals surface area contributed by atoms with E-state index in [-0.39, 0.29) is 5.60 Å². The Hall–Kier alpha value is -0.580. The van der Waals surface area contributed by atoms with Crippen LogP contribution in [0.1, 0.15) is 45.7 Å². The number of benzene rings is 1. The quantitative estimate of drug-likeness (QED) is 0.860. The molecule has 1 atom stereocenters. The Bertz CT molecular complexity index is 476. The van der Waals surface area contributed by atoms with Gasteiger partial charge in [-0.15, -0.1) is 0 Å². The monoisotopic (exact) mass is 354 g/mol. The van der Waals surface area contributed by atoms with E-state index in [1.54, 1.807) is 0 Å². The maximum absolute atomic E-state index is 5.84. The normalized spacial score (nSPS) is 19.6. The standard InChI is InChI=1S/C17H27BrN2O/c1-5-8-19-13(2)15-11-14(18)6-7-16(15)20-9-10-21-17(3,4)12-20/h6-7,11,13,19H,5,8-10,12H2,1-4H3. The van der Waals surface area contributed by atoms with Crippen molar-refractivity contribution in [2.24, 2.45) is 0 Å². The van der Waals surface area contributed by atoms with E-state index in [2.05, 4.69) is 72.0 Å². The molecule has 1 saturated heterocycles. The summed E-state index contributed by atoms with van der Waals surface area (Å²) in [6, 6.07) is 6.95. The predicted molar refractivity (Wildman–Crippen MR) is 93.1 cm³/mol. The van der Waals surface area contributed by atoms with Gasteiger partial charge in [0.2, 0.25) is 0 Å². The molecule has 1 aromatic carbocycles. The molecule has 118 valence electrons. The van der Waals surface area contributed by atoms with Crippen molar-refractivity contribution in [1.82, 2.24) is 5.32 Å². The fraction of sp³-hybridized carbons (Fsp3) is 0.647. The van der Waals surface area contributed by atoms with Crippen molar-refractivity contribution in [3.8, 4) is 0 Å². The van der Waals surface area contributed by atoms with Crippen molar-refractivity contribution >= 4 is 21.6 Å². The molecule has 0 spiro atoms. The average molecular weight is 355 g/mol. The van der Waals surface area contributed by atoms with Gasteiger partial charge in [-0.1, -0.05) is 22.9 Å². The van der Waals surface area contributed by atoms with Crippen molar-refractivity contribution in [3.63, 3.8) is 0 Å². The Morgan fingerprint density at radius 2 is 2.19 bits per heavy atom. The Balaban J connectivity index is 2.25. The minimum absolute atomic E-state index is 0.0807. The lowest BCUT2D eigenvalue weighted by Crippen LogP contribution is -2.48. The van der Waals surface area contributed by atoms with Gasteiger partial charge in [-0.25, -0.2) is 0 Å². The molecule has 0 radical (unpaired) electrons. The minimum atomic E-state index is -0.0807. The third kappa shape index (κ3) is 4.44. The Labute approximate surface area is 137 Å². The Morgan fingerprint density at radius 1 is 1.43 bits per heavy atom. The number of hydrogen-bond donors (Lipinski definition) is 1. The highest BCUT2D eigenvalue weighted by Gasteiger charge is 2.28. The number of hydrogen-bond acceptors (Lipinski definition) is 3. The van der Waals surface area contributed by atoms with Gasteiger partial charge in [-0.3, -0.25) is 0 Å². The summed E-state index contributed by atoms with van der Waals surface area (Å²) in [5.41, 5.74) is 2.60. The fourth-order valence-electron chi connectivity index (χ4n) is 2.85. The lowest BCUT2D eigenvalue weighted by Gasteiger charge is -2.40. The molecule has 1 heterocycles. The summed E-state index contributed by atoms with van der Waals surface area (Å²) in [6.07, 6.45) is 1.15. The molecule has 1 aromatic rings. The van der Waals surface area contributed by atoms with Crippen LogP contribution in [0.25, 0.3) is 0 Å². The molecule has 1 unspecified atom stereocenters. The highest BCUT2D eigenvalue weighted by molar-refractivity contribution is 9.10. The zero-order valence-corrected chi connectivity index (χ0v) is 15.2. The zero-order chi connectivity index (χ0) is 15.5. The molecule has 1 aliphatic heterocycles. The second-order valence-corrected chi connectivity index (χ2v) is 7.32. The van der Waals surface area contributed by atoms with Gasteiger partial charge in [0.05, 0.1) is 12.2 Å². The van der Waals surface area contributed by atoms with Crippen LogP contribution in [0.2, 0.25) is 0 Å². The zero-order valence-electron chi connectivity index (χ0n) is 13.6. The van der Waals surface area contributed by atoms with Gasteiger partial charge in [0.15, 0.2) is 0 Å². The highest BCUT2D eigenvalue weighted by atomic mass is 79.9. The number of rotatable bonds is 5. The van der Waals surface area contributed by atoms with Gasteiger partial charge in [-0.05, 0) is 57.5 Å². The van der Waals surface area contributed by atoms with Crippen LogP contribution in [0.5, 0.6) is 0 Å². The smallest absolute Gasteiger partial charge is 0.0801 e. The number of morpholine rings is 1. The predicted octanol–water partition coefficient (Wildman–Crippen LogP) is 4.12. The van der Waals surface area contributed by atoms with Crippen LogP contribution >= 0.6 is 15.9 Å². The molecule has 1 N–H and O–H groups in total. The van der Waals surface area contributed by atoms with Gasteiger partial charge >= 0.3 is 0 Å². The number of ether oxygens (including phenoxy) is 1. The lowest BCUT2D eigenvalue weighted by molar-refractivity contribution is -0.0277.